The van der Waals surface area contributed by atoms with Crippen molar-refractivity contribution in [2.45, 2.75) is 19.9 Å². The molecule has 0 aromatic heterocycles. The zero-order chi connectivity index (χ0) is 14.4. The summed E-state index contributed by atoms with van der Waals surface area (Å²) in [5.74, 6) is -1.80. The Morgan fingerprint density at radius 2 is 2.11 bits per heavy atom. The van der Waals surface area contributed by atoms with Crippen molar-refractivity contribution in [1.29, 1.82) is 0 Å². The van der Waals surface area contributed by atoms with Crippen LogP contribution in [0.4, 0.5) is 14.5 Å². The Morgan fingerprint density at radius 3 is 2.68 bits per heavy atom. The molecule has 0 spiro atoms. The van der Waals surface area contributed by atoms with Crippen molar-refractivity contribution in [3.63, 3.8) is 0 Å². The van der Waals surface area contributed by atoms with Crippen LogP contribution in [0.15, 0.2) is 12.1 Å². The number of benzene rings is 1. The topological polar surface area (TPSA) is 75.4 Å². The second-order valence-electron chi connectivity index (χ2n) is 4.40. The molecule has 0 saturated heterocycles. The van der Waals surface area contributed by atoms with Crippen molar-refractivity contribution in [2.75, 3.05) is 13.2 Å². The number of halogens is 2. The summed E-state index contributed by atoms with van der Waals surface area (Å²) in [7, 11) is 0. The maximum Gasteiger partial charge on any atom is 0.305 e. The number of hydrogen-bond donors (Lipinski definition) is 2. The summed E-state index contributed by atoms with van der Waals surface area (Å²) in [6, 6.07) is 1.42. The van der Waals surface area contributed by atoms with Crippen LogP contribution < -0.4 is 5.32 Å². The van der Waals surface area contributed by atoms with Crippen molar-refractivity contribution in [3.05, 3.63) is 39.4 Å². The fraction of sp³-hybridized carbons (Fsp3) is 0.500. The number of aliphatic hydroxyl groups is 1. The molecule has 5 nitrogen and oxygen atoms in total. The minimum absolute atomic E-state index is 0.0456. The minimum atomic E-state index is -1.18. The van der Waals surface area contributed by atoms with Crippen LogP contribution in [0.5, 0.6) is 0 Å². The van der Waals surface area contributed by atoms with Crippen molar-refractivity contribution in [3.8, 4) is 0 Å². The Bertz CT molecular complexity index is 455. The van der Waals surface area contributed by atoms with Gasteiger partial charge in [-0.1, -0.05) is 6.92 Å². The normalized spacial score (nSPS) is 12.4. The number of hydrogen-bond acceptors (Lipinski definition) is 4. The Balaban J connectivity index is 2.68. The fourth-order valence-corrected chi connectivity index (χ4v) is 1.63. The van der Waals surface area contributed by atoms with E-state index in [-0.39, 0.29) is 24.6 Å². The number of aliphatic hydroxyl groups excluding tert-OH is 1. The van der Waals surface area contributed by atoms with Gasteiger partial charge in [0.15, 0.2) is 0 Å². The van der Waals surface area contributed by atoms with Crippen molar-refractivity contribution < 1.29 is 18.8 Å². The molecule has 1 atom stereocenters. The van der Waals surface area contributed by atoms with E-state index in [2.05, 4.69) is 5.32 Å². The molecule has 19 heavy (non-hydrogen) atoms. The summed E-state index contributed by atoms with van der Waals surface area (Å²) >= 11 is 0. The molecule has 106 valence electrons. The van der Waals surface area contributed by atoms with Gasteiger partial charge in [0.1, 0.15) is 5.82 Å². The summed E-state index contributed by atoms with van der Waals surface area (Å²) in [5.41, 5.74) is -0.689. The van der Waals surface area contributed by atoms with E-state index in [1.54, 1.807) is 0 Å². The Kier molecular flexibility index (Phi) is 5.78. The number of nitro groups is 1. The highest BCUT2D eigenvalue weighted by Gasteiger charge is 2.18. The molecule has 2 N–H and O–H groups in total. The van der Waals surface area contributed by atoms with Crippen LogP contribution in [0.2, 0.25) is 0 Å². The molecule has 0 fully saturated rings. The highest BCUT2D eigenvalue weighted by Crippen LogP contribution is 2.21. The molecule has 0 amide bonds. The lowest BCUT2D eigenvalue weighted by atomic mass is 10.1. The number of rotatable bonds is 7. The second-order valence-corrected chi connectivity index (χ2v) is 4.40. The number of nitrogens with one attached hydrogen (secondary N) is 1. The maximum absolute atomic E-state index is 13.4. The van der Waals surface area contributed by atoms with Gasteiger partial charge < -0.3 is 10.4 Å². The SMILES string of the molecule is CC(CCO)CNCc1cc([N+](=O)[O-])c(F)cc1F. The molecule has 0 radical (unpaired) electrons. The second kappa shape index (κ2) is 7.10. The van der Waals surface area contributed by atoms with Crippen molar-refractivity contribution in [2.24, 2.45) is 5.92 Å². The van der Waals surface area contributed by atoms with E-state index >= 15 is 0 Å². The van der Waals surface area contributed by atoms with E-state index in [1.807, 2.05) is 6.92 Å². The Hall–Kier alpha value is -1.60. The first kappa shape index (κ1) is 15.5. The van der Waals surface area contributed by atoms with Crippen LogP contribution >= 0.6 is 0 Å². The molecule has 0 aliphatic heterocycles. The van der Waals surface area contributed by atoms with E-state index in [0.717, 1.165) is 6.07 Å². The summed E-state index contributed by atoms with van der Waals surface area (Å²) in [6.07, 6.45) is 0.610. The van der Waals surface area contributed by atoms with Gasteiger partial charge in [0.05, 0.1) is 4.92 Å². The molecule has 0 aliphatic rings. The first-order valence-corrected chi connectivity index (χ1v) is 5.89. The molecule has 1 aromatic carbocycles. The van der Waals surface area contributed by atoms with Crippen LogP contribution in [0, 0.1) is 27.7 Å². The van der Waals surface area contributed by atoms with E-state index in [0.29, 0.717) is 19.0 Å². The average Bonchev–Trinajstić information content (AvgIpc) is 2.31. The molecule has 7 heteroatoms. The molecule has 0 heterocycles. The summed E-state index contributed by atoms with van der Waals surface area (Å²) in [6.45, 7) is 2.58. The average molecular weight is 274 g/mol. The van der Waals surface area contributed by atoms with Gasteiger partial charge in [-0.25, -0.2) is 4.39 Å². The number of nitrogens with zero attached hydrogens (tertiary/aromatic N) is 1. The highest BCUT2D eigenvalue weighted by molar-refractivity contribution is 5.37. The van der Waals surface area contributed by atoms with E-state index in [9.17, 15) is 18.9 Å². The quantitative estimate of drug-likeness (QED) is 0.589. The summed E-state index contributed by atoms with van der Waals surface area (Å²) in [5, 5.41) is 22.2. The van der Waals surface area contributed by atoms with Crippen molar-refractivity contribution in [1.82, 2.24) is 5.32 Å². The maximum atomic E-state index is 13.4. The lowest BCUT2D eigenvalue weighted by Gasteiger charge is -2.11. The standard InChI is InChI=1S/C12H16F2N2O3/c1-8(2-3-17)6-15-7-9-4-12(16(18)19)11(14)5-10(9)13/h4-5,8,15,17H,2-3,6-7H2,1H3. The lowest BCUT2D eigenvalue weighted by molar-refractivity contribution is -0.387. The van der Waals surface area contributed by atoms with Crippen LogP contribution in [-0.2, 0) is 6.54 Å². The van der Waals surface area contributed by atoms with Gasteiger partial charge in [-0.2, -0.15) is 4.39 Å². The monoisotopic (exact) mass is 274 g/mol. The third-order valence-corrected chi connectivity index (χ3v) is 2.74. The van der Waals surface area contributed by atoms with Crippen LogP contribution in [-0.4, -0.2) is 23.2 Å². The van der Waals surface area contributed by atoms with Gasteiger partial charge in [0, 0.05) is 30.8 Å². The molecule has 1 aromatic rings. The van der Waals surface area contributed by atoms with Gasteiger partial charge in [0.25, 0.3) is 0 Å². The lowest BCUT2D eigenvalue weighted by Crippen LogP contribution is -2.22. The van der Waals surface area contributed by atoms with Gasteiger partial charge in [0.2, 0.25) is 5.82 Å². The molecule has 0 aliphatic carbocycles. The van der Waals surface area contributed by atoms with Crippen LogP contribution in [0.3, 0.4) is 0 Å². The molecule has 0 saturated carbocycles. The first-order chi connectivity index (χ1) is 8.95. The zero-order valence-corrected chi connectivity index (χ0v) is 10.5. The molecule has 0 bridgehead atoms. The molecular formula is C12H16F2N2O3. The van der Waals surface area contributed by atoms with E-state index in [4.69, 9.17) is 5.11 Å². The minimum Gasteiger partial charge on any atom is -0.396 e. The number of nitro benzene ring substituents is 1. The molecule has 1 rings (SSSR count). The van der Waals surface area contributed by atoms with Gasteiger partial charge in [-0.3, -0.25) is 10.1 Å². The first-order valence-electron chi connectivity index (χ1n) is 5.89. The molecular weight excluding hydrogens is 258 g/mol. The van der Waals surface area contributed by atoms with Gasteiger partial charge >= 0.3 is 5.69 Å². The predicted octanol–water partition coefficient (Wildman–Crippen LogP) is 1.98. The van der Waals surface area contributed by atoms with E-state index < -0.39 is 22.2 Å². The van der Waals surface area contributed by atoms with Crippen LogP contribution in [0.1, 0.15) is 18.9 Å². The van der Waals surface area contributed by atoms with Gasteiger partial charge in [-0.05, 0) is 18.9 Å². The highest BCUT2D eigenvalue weighted by atomic mass is 19.1. The van der Waals surface area contributed by atoms with E-state index in [1.165, 1.54) is 0 Å². The van der Waals surface area contributed by atoms with Crippen LogP contribution in [0.25, 0.3) is 0 Å². The summed E-state index contributed by atoms with van der Waals surface area (Å²) < 4.78 is 26.5. The zero-order valence-electron chi connectivity index (χ0n) is 10.5. The fourth-order valence-electron chi connectivity index (χ4n) is 1.63. The van der Waals surface area contributed by atoms with Gasteiger partial charge in [-0.15, -0.1) is 0 Å². The smallest absolute Gasteiger partial charge is 0.305 e. The largest absolute Gasteiger partial charge is 0.396 e. The van der Waals surface area contributed by atoms with Crippen molar-refractivity contribution >= 4 is 5.69 Å². The molecule has 1 unspecified atom stereocenters. The third-order valence-electron chi connectivity index (χ3n) is 2.74. The Morgan fingerprint density at radius 1 is 1.42 bits per heavy atom. The predicted molar refractivity (Wildman–Crippen MR) is 65.6 cm³/mol. The Labute approximate surface area is 109 Å². The summed E-state index contributed by atoms with van der Waals surface area (Å²) in [4.78, 5) is 9.67. The third kappa shape index (κ3) is 4.53.